The summed E-state index contributed by atoms with van der Waals surface area (Å²) >= 11 is 0. The van der Waals surface area contributed by atoms with Crippen molar-refractivity contribution in [1.29, 1.82) is 0 Å². The Bertz CT molecular complexity index is 567. The van der Waals surface area contributed by atoms with E-state index in [1.54, 1.807) is 13.8 Å². The first-order valence-electron chi connectivity index (χ1n) is 5.59. The first kappa shape index (κ1) is 15.6. The first-order valence-corrected chi connectivity index (χ1v) is 7.13. The van der Waals surface area contributed by atoms with Crippen molar-refractivity contribution in [3.63, 3.8) is 0 Å². The van der Waals surface area contributed by atoms with Crippen LogP contribution in [0.5, 0.6) is 0 Å². The maximum atomic E-state index is 11.8. The minimum atomic E-state index is -3.86. The smallest absolute Gasteiger partial charge is 0.338 e. The van der Waals surface area contributed by atoms with E-state index >= 15 is 0 Å². The number of aryl methyl sites for hydroxylation is 1. The maximum Gasteiger partial charge on any atom is 0.338 e. The van der Waals surface area contributed by atoms with Crippen LogP contribution in [-0.2, 0) is 19.5 Å². The molecule has 0 saturated heterocycles. The molecule has 0 aromatic heterocycles. The molecule has 1 aromatic carbocycles. The third-order valence-corrected chi connectivity index (χ3v) is 3.49. The molecule has 1 unspecified atom stereocenters. The summed E-state index contributed by atoms with van der Waals surface area (Å²) in [6, 6.07) is 4.22. The number of carbonyl (C=O) groups excluding carboxylic acids is 1. The Morgan fingerprint density at radius 3 is 2.58 bits per heavy atom. The van der Waals surface area contributed by atoms with Crippen LogP contribution in [-0.4, -0.2) is 34.2 Å². The Hall–Kier alpha value is -1.44. The molecule has 0 aliphatic carbocycles. The van der Waals surface area contributed by atoms with Gasteiger partial charge in [-0.1, -0.05) is 6.07 Å². The lowest BCUT2D eigenvalue weighted by atomic mass is 10.1. The summed E-state index contributed by atoms with van der Waals surface area (Å²) in [5, 5.41) is 5.08. The summed E-state index contributed by atoms with van der Waals surface area (Å²) in [5.41, 5.74) is 0.613. The number of rotatable bonds is 5. The van der Waals surface area contributed by atoms with Crippen LogP contribution < -0.4 is 5.14 Å². The van der Waals surface area contributed by atoms with Gasteiger partial charge in [-0.15, -0.1) is 0 Å². The number of primary sulfonamides is 1. The number of esters is 1. The molecule has 106 valence electrons. The number of ether oxygens (including phenoxy) is 2. The van der Waals surface area contributed by atoms with Gasteiger partial charge in [-0.25, -0.2) is 18.4 Å². The minimum Gasteiger partial charge on any atom is -0.457 e. The van der Waals surface area contributed by atoms with Crippen LogP contribution in [0.1, 0.15) is 22.8 Å². The highest BCUT2D eigenvalue weighted by Crippen LogP contribution is 2.16. The van der Waals surface area contributed by atoms with E-state index in [2.05, 4.69) is 0 Å². The van der Waals surface area contributed by atoms with Crippen LogP contribution in [0.15, 0.2) is 23.1 Å². The molecule has 0 radical (unpaired) electrons. The maximum absolute atomic E-state index is 11.8. The number of hydrogen-bond acceptors (Lipinski definition) is 5. The number of nitrogens with two attached hydrogens (primary N) is 1. The van der Waals surface area contributed by atoms with E-state index < -0.39 is 22.1 Å². The van der Waals surface area contributed by atoms with Gasteiger partial charge in [0.2, 0.25) is 10.0 Å². The van der Waals surface area contributed by atoms with E-state index in [4.69, 9.17) is 14.6 Å². The fourth-order valence-corrected chi connectivity index (χ4v) is 2.36. The predicted octanol–water partition coefficient (Wildman–Crippen LogP) is 0.834. The molecule has 7 heteroatoms. The number of methoxy groups -OCH3 is 1. The van der Waals surface area contributed by atoms with E-state index in [0.29, 0.717) is 5.56 Å². The lowest BCUT2D eigenvalue weighted by molar-refractivity contribution is 0.0120. The quantitative estimate of drug-likeness (QED) is 0.809. The second-order valence-corrected chi connectivity index (χ2v) is 5.73. The molecule has 0 bridgehead atoms. The average molecular weight is 287 g/mol. The van der Waals surface area contributed by atoms with Crippen molar-refractivity contribution in [2.24, 2.45) is 5.14 Å². The summed E-state index contributed by atoms with van der Waals surface area (Å²) < 4.78 is 32.6. The normalized spacial score (nSPS) is 13.1. The predicted molar refractivity (Wildman–Crippen MR) is 69.3 cm³/mol. The minimum absolute atomic E-state index is 0.0821. The monoisotopic (exact) mass is 287 g/mol. The third-order valence-electron chi connectivity index (χ3n) is 2.44. The van der Waals surface area contributed by atoms with E-state index in [-0.39, 0.29) is 17.1 Å². The van der Waals surface area contributed by atoms with Gasteiger partial charge in [0.1, 0.15) is 6.10 Å². The van der Waals surface area contributed by atoms with Crippen molar-refractivity contribution in [3.05, 3.63) is 29.3 Å². The Kier molecular flexibility index (Phi) is 5.04. The van der Waals surface area contributed by atoms with Gasteiger partial charge < -0.3 is 9.47 Å². The molecule has 0 spiro atoms. The van der Waals surface area contributed by atoms with Crippen molar-refractivity contribution >= 4 is 16.0 Å². The molecular weight excluding hydrogens is 270 g/mol. The third kappa shape index (κ3) is 4.30. The number of carbonyl (C=O) groups is 1. The fourth-order valence-electron chi connectivity index (χ4n) is 1.55. The molecular formula is C12H17NO5S. The lowest BCUT2D eigenvalue weighted by Gasteiger charge is -2.13. The standard InChI is InChI=1S/C12H17NO5S/c1-8-4-5-10(6-11(8)19(13,15)16)12(14)18-9(2)7-17-3/h4-6,9H,7H2,1-3H3,(H2,13,15,16). The molecule has 0 aliphatic rings. The zero-order chi connectivity index (χ0) is 14.6. The van der Waals surface area contributed by atoms with Gasteiger partial charge in [0.05, 0.1) is 17.1 Å². The molecule has 6 nitrogen and oxygen atoms in total. The van der Waals surface area contributed by atoms with Gasteiger partial charge in [0, 0.05) is 7.11 Å². The van der Waals surface area contributed by atoms with Crippen molar-refractivity contribution in [3.8, 4) is 0 Å². The van der Waals surface area contributed by atoms with Gasteiger partial charge >= 0.3 is 5.97 Å². The van der Waals surface area contributed by atoms with Crippen LogP contribution >= 0.6 is 0 Å². The summed E-state index contributed by atoms with van der Waals surface area (Å²) in [6.45, 7) is 3.54. The Morgan fingerprint density at radius 1 is 1.42 bits per heavy atom. The fraction of sp³-hybridized carbons (Fsp3) is 0.417. The summed E-state index contributed by atoms with van der Waals surface area (Å²) in [7, 11) is -2.37. The number of sulfonamides is 1. The van der Waals surface area contributed by atoms with Crippen LogP contribution in [0, 0.1) is 6.92 Å². The van der Waals surface area contributed by atoms with E-state index in [1.807, 2.05) is 0 Å². The average Bonchev–Trinajstić information content (AvgIpc) is 2.27. The van der Waals surface area contributed by atoms with Crippen molar-refractivity contribution in [2.75, 3.05) is 13.7 Å². The van der Waals surface area contributed by atoms with Crippen LogP contribution in [0.4, 0.5) is 0 Å². The Balaban J connectivity index is 3.00. The van der Waals surface area contributed by atoms with Crippen molar-refractivity contribution < 1.29 is 22.7 Å². The SMILES string of the molecule is COCC(C)OC(=O)c1ccc(C)c(S(N)(=O)=O)c1. The molecule has 0 heterocycles. The highest BCUT2D eigenvalue weighted by Gasteiger charge is 2.17. The summed E-state index contributed by atoms with van der Waals surface area (Å²) in [4.78, 5) is 11.7. The van der Waals surface area contributed by atoms with Gasteiger partial charge in [-0.05, 0) is 31.5 Å². The molecule has 0 aliphatic heterocycles. The molecule has 1 atom stereocenters. The van der Waals surface area contributed by atoms with Gasteiger partial charge in [0.15, 0.2) is 0 Å². The highest BCUT2D eigenvalue weighted by molar-refractivity contribution is 7.89. The molecule has 19 heavy (non-hydrogen) atoms. The van der Waals surface area contributed by atoms with Crippen LogP contribution in [0.25, 0.3) is 0 Å². The Labute approximate surface area is 112 Å². The number of hydrogen-bond donors (Lipinski definition) is 1. The Morgan fingerprint density at radius 2 is 2.05 bits per heavy atom. The van der Waals surface area contributed by atoms with Crippen molar-refractivity contribution in [2.45, 2.75) is 24.8 Å². The molecule has 0 fully saturated rings. The van der Waals surface area contributed by atoms with E-state index in [1.165, 1.54) is 25.3 Å². The largest absolute Gasteiger partial charge is 0.457 e. The molecule has 1 rings (SSSR count). The van der Waals surface area contributed by atoms with Gasteiger partial charge in [-0.3, -0.25) is 0 Å². The highest BCUT2D eigenvalue weighted by atomic mass is 32.2. The molecule has 2 N–H and O–H groups in total. The van der Waals surface area contributed by atoms with Gasteiger partial charge in [0.25, 0.3) is 0 Å². The van der Waals surface area contributed by atoms with E-state index in [0.717, 1.165) is 0 Å². The van der Waals surface area contributed by atoms with Crippen LogP contribution in [0.3, 0.4) is 0 Å². The summed E-state index contributed by atoms with van der Waals surface area (Å²) in [6.07, 6.45) is -0.420. The molecule has 0 saturated carbocycles. The van der Waals surface area contributed by atoms with Gasteiger partial charge in [-0.2, -0.15) is 0 Å². The molecule has 0 amide bonds. The first-order chi connectivity index (χ1) is 8.75. The van der Waals surface area contributed by atoms with E-state index in [9.17, 15) is 13.2 Å². The topological polar surface area (TPSA) is 95.7 Å². The molecule has 1 aromatic rings. The zero-order valence-corrected chi connectivity index (χ0v) is 11.9. The second-order valence-electron chi connectivity index (χ2n) is 4.20. The number of benzene rings is 1. The second kappa shape index (κ2) is 6.14. The van der Waals surface area contributed by atoms with Crippen LogP contribution in [0.2, 0.25) is 0 Å². The summed E-state index contributed by atoms with van der Waals surface area (Å²) in [5.74, 6) is -0.616. The lowest BCUT2D eigenvalue weighted by Crippen LogP contribution is -2.20. The zero-order valence-electron chi connectivity index (χ0n) is 11.0. The van der Waals surface area contributed by atoms with Crippen molar-refractivity contribution in [1.82, 2.24) is 0 Å².